The number of aliphatic carboxylic acids is 1. The summed E-state index contributed by atoms with van der Waals surface area (Å²) in [5.41, 5.74) is 5.66. The van der Waals surface area contributed by atoms with Gasteiger partial charge in [0.25, 0.3) is 0 Å². The summed E-state index contributed by atoms with van der Waals surface area (Å²) in [6.45, 7) is 0.0524. The fourth-order valence-corrected chi connectivity index (χ4v) is 9.73. The third kappa shape index (κ3) is 5.19. The Bertz CT molecular complexity index is 1810. The van der Waals surface area contributed by atoms with Crippen molar-refractivity contribution in [2.24, 2.45) is 0 Å². The third-order valence-corrected chi connectivity index (χ3v) is 12.3. The minimum Gasteiger partial charge on any atom is -0.481 e. The van der Waals surface area contributed by atoms with Crippen LogP contribution in [0.2, 0.25) is 0 Å². The lowest BCUT2D eigenvalue weighted by Crippen LogP contribution is -2.39. The molecular formula is C33H28N2O6S2. The molecule has 10 heteroatoms. The molecule has 1 saturated heterocycles. The minimum atomic E-state index is -3.99. The number of hydrogen-bond acceptors (Lipinski definition) is 7. The summed E-state index contributed by atoms with van der Waals surface area (Å²) in [7, 11) is -3.99. The van der Waals surface area contributed by atoms with E-state index >= 15 is 0 Å². The molecule has 1 amide bonds. The molecule has 1 atom stereocenters. The van der Waals surface area contributed by atoms with Crippen LogP contribution in [0.1, 0.15) is 40.3 Å². The maximum atomic E-state index is 13.8. The maximum absolute atomic E-state index is 13.8. The number of ether oxygens (including phenoxy) is 1. The van der Waals surface area contributed by atoms with Crippen molar-refractivity contribution < 1.29 is 27.9 Å². The van der Waals surface area contributed by atoms with E-state index in [4.69, 9.17) is 10.00 Å². The Kier molecular flexibility index (Phi) is 7.54. The highest BCUT2D eigenvalue weighted by Gasteiger charge is 2.50. The molecule has 1 unspecified atom stereocenters. The van der Waals surface area contributed by atoms with E-state index in [1.807, 2.05) is 36.4 Å². The first-order chi connectivity index (χ1) is 20.7. The second-order valence-electron chi connectivity index (χ2n) is 10.8. The van der Waals surface area contributed by atoms with Gasteiger partial charge in [0.15, 0.2) is 9.84 Å². The number of sulfone groups is 1. The predicted octanol–water partition coefficient (Wildman–Crippen LogP) is 6.03. The van der Waals surface area contributed by atoms with Crippen LogP contribution in [-0.4, -0.2) is 55.9 Å². The van der Waals surface area contributed by atoms with E-state index in [1.165, 1.54) is 16.2 Å². The van der Waals surface area contributed by atoms with Gasteiger partial charge in [0.1, 0.15) is 11.4 Å². The summed E-state index contributed by atoms with van der Waals surface area (Å²) in [6.07, 6.45) is -1.30. The van der Waals surface area contributed by atoms with Gasteiger partial charge < -0.3 is 14.7 Å². The van der Waals surface area contributed by atoms with Crippen molar-refractivity contribution in [2.45, 2.75) is 23.5 Å². The average Bonchev–Trinajstić information content (AvgIpc) is 3.59. The van der Waals surface area contributed by atoms with Gasteiger partial charge in [-0.1, -0.05) is 60.7 Å². The number of rotatable bonds is 6. The molecule has 3 aromatic carbocycles. The number of amides is 1. The van der Waals surface area contributed by atoms with Gasteiger partial charge in [-0.15, -0.1) is 11.3 Å². The molecule has 0 bridgehead atoms. The van der Waals surface area contributed by atoms with Gasteiger partial charge in [-0.05, 0) is 58.5 Å². The lowest BCUT2D eigenvalue weighted by Gasteiger charge is -2.29. The number of carbonyl (C=O) groups excluding carboxylic acids is 1. The fraction of sp³-hybridized carbons (Fsp3) is 0.242. The summed E-state index contributed by atoms with van der Waals surface area (Å²) in [5, 5.41) is 18.9. The van der Waals surface area contributed by atoms with Crippen molar-refractivity contribution >= 4 is 33.2 Å². The zero-order valence-electron chi connectivity index (χ0n) is 23.1. The Hall–Kier alpha value is -4.46. The number of carboxylic acid groups (broad SMARTS) is 1. The van der Waals surface area contributed by atoms with Gasteiger partial charge in [0, 0.05) is 28.8 Å². The Labute approximate surface area is 253 Å². The molecule has 1 aliphatic heterocycles. The fourth-order valence-electron chi connectivity index (χ4n) is 6.13. The number of nitrogens with zero attached hydrogens (tertiary/aromatic N) is 2. The number of carboxylic acids is 1. The quantitative estimate of drug-likeness (QED) is 0.282. The summed E-state index contributed by atoms with van der Waals surface area (Å²) in [5.74, 6) is -1.74. The van der Waals surface area contributed by atoms with Crippen molar-refractivity contribution in [1.29, 1.82) is 5.26 Å². The molecule has 43 heavy (non-hydrogen) atoms. The largest absolute Gasteiger partial charge is 0.481 e. The second kappa shape index (κ2) is 11.3. The van der Waals surface area contributed by atoms with Crippen LogP contribution in [0.3, 0.4) is 0 Å². The first-order valence-corrected chi connectivity index (χ1v) is 16.3. The minimum absolute atomic E-state index is 0.0350. The second-order valence-corrected chi connectivity index (χ2v) is 14.3. The van der Waals surface area contributed by atoms with Crippen LogP contribution >= 0.6 is 11.3 Å². The standard InChI is InChI=1S/C33H28N2O6S2/c34-20-22-9-11-23(12-10-22)29-13-14-30(42-29)33(19-31(36)37)15-16-35(17-18-43(33,39)40)32(38)41-21-28-26-7-3-1-5-24(26)25-6-2-4-8-27(25)28/h1-14,28H,15-19,21H2,(H,36,37). The number of benzene rings is 3. The van der Waals surface area contributed by atoms with E-state index in [-0.39, 0.29) is 37.8 Å². The Morgan fingerprint density at radius 2 is 1.60 bits per heavy atom. The molecular weight excluding hydrogens is 585 g/mol. The van der Waals surface area contributed by atoms with Crippen molar-refractivity contribution in [2.75, 3.05) is 25.4 Å². The van der Waals surface area contributed by atoms with Crippen LogP contribution in [0, 0.1) is 11.3 Å². The Balaban J connectivity index is 1.23. The molecule has 4 aromatic rings. The number of fused-ring (bicyclic) bond motifs is 3. The highest BCUT2D eigenvalue weighted by Crippen LogP contribution is 2.46. The van der Waals surface area contributed by atoms with Gasteiger partial charge in [0.2, 0.25) is 0 Å². The molecule has 1 fully saturated rings. The van der Waals surface area contributed by atoms with Gasteiger partial charge in [-0.2, -0.15) is 5.26 Å². The van der Waals surface area contributed by atoms with Crippen molar-refractivity contribution in [3.05, 3.63) is 106 Å². The first kappa shape index (κ1) is 28.6. The summed E-state index contributed by atoms with van der Waals surface area (Å²) < 4.78 is 31.8. The molecule has 0 radical (unpaired) electrons. The van der Waals surface area contributed by atoms with Gasteiger partial charge in [-0.25, -0.2) is 13.2 Å². The van der Waals surface area contributed by atoms with E-state index in [9.17, 15) is 23.1 Å². The van der Waals surface area contributed by atoms with E-state index < -0.39 is 33.1 Å². The van der Waals surface area contributed by atoms with Crippen LogP contribution in [0.15, 0.2) is 84.9 Å². The zero-order chi connectivity index (χ0) is 30.2. The van der Waals surface area contributed by atoms with Crippen molar-refractivity contribution in [3.63, 3.8) is 0 Å². The highest BCUT2D eigenvalue weighted by atomic mass is 32.2. The number of thiophene rings is 1. The van der Waals surface area contributed by atoms with Gasteiger partial charge in [0.05, 0.1) is 23.8 Å². The molecule has 2 heterocycles. The van der Waals surface area contributed by atoms with Crippen LogP contribution in [0.4, 0.5) is 4.79 Å². The van der Waals surface area contributed by atoms with Crippen LogP contribution < -0.4 is 0 Å². The van der Waals surface area contributed by atoms with Crippen LogP contribution in [0.25, 0.3) is 21.6 Å². The molecule has 1 aromatic heterocycles. The Morgan fingerprint density at radius 1 is 0.953 bits per heavy atom. The number of hydrogen-bond donors (Lipinski definition) is 1. The summed E-state index contributed by atoms with van der Waals surface area (Å²) >= 11 is 1.22. The topological polar surface area (TPSA) is 125 Å². The summed E-state index contributed by atoms with van der Waals surface area (Å²) in [4.78, 5) is 27.9. The third-order valence-electron chi connectivity index (χ3n) is 8.40. The van der Waals surface area contributed by atoms with Crippen LogP contribution in [0.5, 0.6) is 0 Å². The predicted molar refractivity (Wildman–Crippen MR) is 163 cm³/mol. The first-order valence-electron chi connectivity index (χ1n) is 13.9. The molecule has 2 aliphatic rings. The molecule has 8 nitrogen and oxygen atoms in total. The monoisotopic (exact) mass is 612 g/mol. The van der Waals surface area contributed by atoms with Crippen molar-refractivity contribution in [3.8, 4) is 27.6 Å². The SMILES string of the molecule is N#Cc1ccc(-c2ccc(C3(CC(=O)O)CCN(C(=O)OCC4c5ccccc5-c5ccccc54)CCS3(=O)=O)s2)cc1. The van der Waals surface area contributed by atoms with E-state index in [0.717, 1.165) is 32.7 Å². The molecule has 218 valence electrons. The molecule has 0 saturated carbocycles. The Morgan fingerprint density at radius 3 is 2.23 bits per heavy atom. The molecule has 1 N–H and O–H groups in total. The van der Waals surface area contributed by atoms with E-state index in [2.05, 4.69) is 18.2 Å². The van der Waals surface area contributed by atoms with E-state index in [1.54, 1.807) is 36.4 Å². The molecule has 1 aliphatic carbocycles. The number of nitriles is 1. The van der Waals surface area contributed by atoms with E-state index in [0.29, 0.717) is 10.4 Å². The van der Waals surface area contributed by atoms with Gasteiger partial charge in [-0.3, -0.25) is 4.79 Å². The lowest BCUT2D eigenvalue weighted by molar-refractivity contribution is -0.137. The maximum Gasteiger partial charge on any atom is 0.409 e. The summed E-state index contributed by atoms with van der Waals surface area (Å²) in [6, 6.07) is 28.4. The van der Waals surface area contributed by atoms with Crippen molar-refractivity contribution in [1.82, 2.24) is 4.90 Å². The number of carbonyl (C=O) groups is 2. The average molecular weight is 613 g/mol. The molecule has 6 rings (SSSR count). The zero-order valence-corrected chi connectivity index (χ0v) is 24.7. The molecule has 0 spiro atoms. The smallest absolute Gasteiger partial charge is 0.409 e. The normalized spacial score (nSPS) is 19.1. The highest BCUT2D eigenvalue weighted by molar-refractivity contribution is 7.92. The lowest BCUT2D eigenvalue weighted by atomic mass is 9.97. The van der Waals surface area contributed by atoms with Crippen LogP contribution in [-0.2, 0) is 24.1 Å². The van der Waals surface area contributed by atoms with Gasteiger partial charge >= 0.3 is 12.1 Å².